The van der Waals surface area contributed by atoms with Gasteiger partial charge in [0.1, 0.15) is 30.6 Å². The van der Waals surface area contributed by atoms with Crippen LogP contribution in [-0.4, -0.2) is 70.7 Å². The van der Waals surface area contributed by atoms with Gasteiger partial charge in [0.25, 0.3) is 5.91 Å². The van der Waals surface area contributed by atoms with E-state index in [-0.39, 0.29) is 18.3 Å². The van der Waals surface area contributed by atoms with Gasteiger partial charge in [-0.15, -0.1) is 0 Å². The third-order valence-corrected chi connectivity index (χ3v) is 6.83. The fourth-order valence-electron chi connectivity index (χ4n) is 4.91. The van der Waals surface area contributed by atoms with Crippen LogP contribution in [0, 0.1) is 5.82 Å². The molecular formula is C25H30FN3O5. The highest BCUT2D eigenvalue weighted by Gasteiger charge is 2.40. The highest BCUT2D eigenvalue weighted by molar-refractivity contribution is 5.99. The van der Waals surface area contributed by atoms with Crippen molar-refractivity contribution < 1.29 is 28.9 Å². The molecule has 0 aromatic heterocycles. The van der Waals surface area contributed by atoms with Crippen LogP contribution in [0.3, 0.4) is 0 Å². The lowest BCUT2D eigenvalue weighted by atomic mass is 10.0. The number of piperidine rings is 1. The van der Waals surface area contributed by atoms with E-state index in [1.807, 2.05) is 6.07 Å². The first-order chi connectivity index (χ1) is 16.5. The van der Waals surface area contributed by atoms with Crippen LogP contribution >= 0.6 is 0 Å². The number of nitrogens with one attached hydrogen (secondary N) is 1. The van der Waals surface area contributed by atoms with Crippen molar-refractivity contribution in [2.45, 2.75) is 51.0 Å². The van der Waals surface area contributed by atoms with Crippen molar-refractivity contribution in [3.63, 3.8) is 0 Å². The first kappa shape index (κ1) is 23.2. The number of aliphatic hydroxyl groups excluding tert-OH is 2. The van der Waals surface area contributed by atoms with E-state index in [1.54, 1.807) is 35.2 Å². The van der Waals surface area contributed by atoms with Gasteiger partial charge in [-0.1, -0.05) is 18.2 Å². The molecular weight excluding hydrogens is 441 g/mol. The molecule has 182 valence electrons. The molecule has 3 aliphatic rings. The van der Waals surface area contributed by atoms with E-state index in [0.717, 1.165) is 24.2 Å². The SMILES string of the molecule is O=C1c2cccc(OCc3ccc(CN4CCOCC4)cc3F)c2CN1C1CCC(O)NC1O. The summed E-state index contributed by atoms with van der Waals surface area (Å²) in [5.74, 6) is 0.0378. The van der Waals surface area contributed by atoms with E-state index >= 15 is 0 Å². The number of nitrogens with zero attached hydrogens (tertiary/aromatic N) is 2. The lowest BCUT2D eigenvalue weighted by Crippen LogP contribution is -2.56. The van der Waals surface area contributed by atoms with Gasteiger partial charge in [0, 0.05) is 36.3 Å². The van der Waals surface area contributed by atoms with Gasteiger partial charge in [0.2, 0.25) is 0 Å². The quantitative estimate of drug-likeness (QED) is 0.589. The Morgan fingerprint density at radius 3 is 2.74 bits per heavy atom. The Balaban J connectivity index is 1.25. The number of aliphatic hydroxyl groups is 2. The lowest BCUT2D eigenvalue weighted by molar-refractivity contribution is -0.0478. The van der Waals surface area contributed by atoms with Gasteiger partial charge < -0.3 is 24.6 Å². The summed E-state index contributed by atoms with van der Waals surface area (Å²) >= 11 is 0. The number of carbonyl (C=O) groups excluding carboxylic acids is 1. The largest absolute Gasteiger partial charge is 0.488 e. The molecule has 0 saturated carbocycles. The molecule has 0 aliphatic carbocycles. The van der Waals surface area contributed by atoms with Crippen molar-refractivity contribution in [2.24, 2.45) is 0 Å². The third kappa shape index (κ3) is 4.80. The highest BCUT2D eigenvalue weighted by atomic mass is 19.1. The van der Waals surface area contributed by atoms with Crippen molar-refractivity contribution in [1.29, 1.82) is 0 Å². The van der Waals surface area contributed by atoms with Gasteiger partial charge in [-0.3, -0.25) is 15.0 Å². The summed E-state index contributed by atoms with van der Waals surface area (Å²) in [6.07, 6.45) is -0.837. The minimum atomic E-state index is -1.00. The zero-order valence-corrected chi connectivity index (χ0v) is 19.0. The monoisotopic (exact) mass is 471 g/mol. The Labute approximate surface area is 197 Å². The van der Waals surface area contributed by atoms with Crippen LogP contribution in [0.5, 0.6) is 5.75 Å². The number of carbonyl (C=O) groups is 1. The van der Waals surface area contributed by atoms with Crippen LogP contribution in [0.1, 0.15) is 39.9 Å². The summed E-state index contributed by atoms with van der Waals surface area (Å²) in [4.78, 5) is 16.9. The molecule has 9 heteroatoms. The van der Waals surface area contributed by atoms with Crippen LogP contribution < -0.4 is 10.1 Å². The molecule has 1 amide bonds. The molecule has 3 N–H and O–H groups in total. The lowest BCUT2D eigenvalue weighted by Gasteiger charge is -2.37. The number of rotatable bonds is 6. The number of ether oxygens (including phenoxy) is 2. The van der Waals surface area contributed by atoms with E-state index in [2.05, 4.69) is 10.2 Å². The fraction of sp³-hybridized carbons (Fsp3) is 0.480. The van der Waals surface area contributed by atoms with Gasteiger partial charge in [-0.25, -0.2) is 4.39 Å². The summed E-state index contributed by atoms with van der Waals surface area (Å²) in [6, 6.07) is 10.1. The fourth-order valence-corrected chi connectivity index (χ4v) is 4.91. The molecule has 0 bridgehead atoms. The molecule has 2 aromatic rings. The zero-order valence-electron chi connectivity index (χ0n) is 19.0. The summed E-state index contributed by atoms with van der Waals surface area (Å²) in [5.41, 5.74) is 2.62. The summed E-state index contributed by atoms with van der Waals surface area (Å²) < 4.78 is 26.1. The van der Waals surface area contributed by atoms with Gasteiger partial charge >= 0.3 is 0 Å². The molecule has 2 saturated heterocycles. The van der Waals surface area contributed by atoms with Crippen molar-refractivity contribution >= 4 is 5.91 Å². The van der Waals surface area contributed by atoms with Crippen LogP contribution in [-0.2, 0) is 24.4 Å². The Kier molecular flexibility index (Phi) is 6.80. The normalized spacial score (nSPS) is 25.4. The minimum absolute atomic E-state index is 0.0497. The smallest absolute Gasteiger partial charge is 0.255 e. The van der Waals surface area contributed by atoms with E-state index in [9.17, 15) is 19.4 Å². The predicted octanol–water partition coefficient (Wildman–Crippen LogP) is 1.58. The Bertz CT molecular complexity index is 1050. The van der Waals surface area contributed by atoms with E-state index in [4.69, 9.17) is 9.47 Å². The van der Waals surface area contributed by atoms with Gasteiger partial charge in [0.05, 0.1) is 25.8 Å². The highest BCUT2D eigenvalue weighted by Crippen LogP contribution is 2.34. The number of morpholine rings is 1. The maximum absolute atomic E-state index is 14.8. The molecule has 0 spiro atoms. The average molecular weight is 472 g/mol. The molecule has 2 fully saturated rings. The van der Waals surface area contributed by atoms with Crippen molar-refractivity contribution in [1.82, 2.24) is 15.1 Å². The molecule has 0 radical (unpaired) electrons. The van der Waals surface area contributed by atoms with Gasteiger partial charge in [-0.2, -0.15) is 0 Å². The number of halogens is 1. The molecule has 2 aromatic carbocycles. The van der Waals surface area contributed by atoms with Crippen LogP contribution in [0.4, 0.5) is 4.39 Å². The molecule has 3 unspecified atom stereocenters. The van der Waals surface area contributed by atoms with E-state index in [1.165, 1.54) is 0 Å². The first-order valence-corrected chi connectivity index (χ1v) is 11.7. The second-order valence-corrected chi connectivity index (χ2v) is 9.09. The summed E-state index contributed by atoms with van der Waals surface area (Å²) in [5, 5.41) is 22.7. The number of hydrogen-bond donors (Lipinski definition) is 3. The number of hydrogen-bond acceptors (Lipinski definition) is 7. The molecule has 3 aliphatic heterocycles. The van der Waals surface area contributed by atoms with Crippen molar-refractivity contribution in [3.05, 3.63) is 64.5 Å². The standard InChI is InChI=1S/C25H30FN3O5/c26-20-12-16(13-28-8-10-33-11-9-28)4-5-17(20)15-34-22-3-1-2-18-19(22)14-29(25(18)32)21-6-7-23(30)27-24(21)31/h1-5,12,21,23-24,27,30-31H,6-11,13-15H2. The Hall–Kier alpha value is -2.56. The Morgan fingerprint density at radius 2 is 1.97 bits per heavy atom. The van der Waals surface area contributed by atoms with Crippen LogP contribution in [0.25, 0.3) is 0 Å². The number of benzene rings is 2. The van der Waals surface area contributed by atoms with Crippen molar-refractivity contribution in [3.8, 4) is 5.75 Å². The maximum atomic E-state index is 14.8. The number of amides is 1. The minimum Gasteiger partial charge on any atom is -0.488 e. The molecule has 34 heavy (non-hydrogen) atoms. The summed E-state index contributed by atoms with van der Waals surface area (Å²) in [7, 11) is 0. The average Bonchev–Trinajstić information content (AvgIpc) is 3.16. The van der Waals surface area contributed by atoms with E-state index in [0.29, 0.717) is 56.0 Å². The second kappa shape index (κ2) is 9.97. The third-order valence-electron chi connectivity index (χ3n) is 6.83. The topological polar surface area (TPSA) is 94.5 Å². The van der Waals surface area contributed by atoms with Crippen LogP contribution in [0.2, 0.25) is 0 Å². The van der Waals surface area contributed by atoms with Crippen LogP contribution in [0.15, 0.2) is 36.4 Å². The van der Waals surface area contributed by atoms with Crippen molar-refractivity contribution in [2.75, 3.05) is 26.3 Å². The first-order valence-electron chi connectivity index (χ1n) is 11.7. The van der Waals surface area contributed by atoms with Gasteiger partial charge in [-0.05, 0) is 36.6 Å². The second-order valence-electron chi connectivity index (χ2n) is 9.09. The molecule has 5 rings (SSSR count). The predicted molar refractivity (Wildman–Crippen MR) is 121 cm³/mol. The zero-order chi connectivity index (χ0) is 23.7. The molecule has 8 nitrogen and oxygen atoms in total. The van der Waals surface area contributed by atoms with Gasteiger partial charge in [0.15, 0.2) is 0 Å². The van der Waals surface area contributed by atoms with E-state index < -0.39 is 18.5 Å². The molecule has 3 atom stereocenters. The number of fused-ring (bicyclic) bond motifs is 1. The Morgan fingerprint density at radius 1 is 1.15 bits per heavy atom. The summed E-state index contributed by atoms with van der Waals surface area (Å²) in [6.45, 7) is 4.12. The molecule has 3 heterocycles. The maximum Gasteiger partial charge on any atom is 0.255 e.